The van der Waals surface area contributed by atoms with Gasteiger partial charge in [-0.05, 0) is 36.1 Å². The van der Waals surface area contributed by atoms with Gasteiger partial charge in [-0.25, -0.2) is 4.98 Å². The van der Waals surface area contributed by atoms with Crippen molar-refractivity contribution in [3.63, 3.8) is 0 Å². The molecule has 1 heterocycles. The molecule has 0 aliphatic heterocycles. The maximum absolute atomic E-state index is 5.72. The van der Waals surface area contributed by atoms with Crippen molar-refractivity contribution in [3.05, 3.63) is 30.0 Å². The van der Waals surface area contributed by atoms with Crippen LogP contribution in [0.25, 0.3) is 10.8 Å². The topological polar surface area (TPSA) is 64.9 Å². The predicted molar refractivity (Wildman–Crippen MR) is 55.3 cm³/mol. The summed E-state index contributed by atoms with van der Waals surface area (Å²) >= 11 is 0. The van der Waals surface area contributed by atoms with Crippen LogP contribution in [0.2, 0.25) is 0 Å². The van der Waals surface area contributed by atoms with Crippen LogP contribution in [0.1, 0.15) is 5.56 Å². The van der Waals surface area contributed by atoms with E-state index >= 15 is 0 Å². The van der Waals surface area contributed by atoms with Gasteiger partial charge in [-0.2, -0.15) is 0 Å². The van der Waals surface area contributed by atoms with E-state index in [1.165, 1.54) is 0 Å². The van der Waals surface area contributed by atoms with E-state index in [1.54, 1.807) is 6.20 Å². The molecule has 66 valence electrons. The van der Waals surface area contributed by atoms with Gasteiger partial charge < -0.3 is 11.5 Å². The normalized spacial score (nSPS) is 10.5. The second kappa shape index (κ2) is 2.62. The molecular weight excluding hydrogens is 162 g/mol. The van der Waals surface area contributed by atoms with E-state index in [0.29, 0.717) is 5.82 Å². The van der Waals surface area contributed by atoms with Crippen molar-refractivity contribution in [2.45, 2.75) is 6.92 Å². The highest BCUT2D eigenvalue weighted by atomic mass is 14.8. The van der Waals surface area contributed by atoms with Gasteiger partial charge in [0.2, 0.25) is 0 Å². The number of hydrogen-bond donors (Lipinski definition) is 2. The fraction of sp³-hybridized carbons (Fsp3) is 0.100. The van der Waals surface area contributed by atoms with Crippen LogP contribution < -0.4 is 11.5 Å². The molecule has 0 bridgehead atoms. The van der Waals surface area contributed by atoms with E-state index in [2.05, 4.69) is 4.98 Å². The fourth-order valence-electron chi connectivity index (χ4n) is 1.42. The molecule has 0 saturated carbocycles. The monoisotopic (exact) mass is 173 g/mol. The minimum atomic E-state index is 0.556. The minimum Gasteiger partial charge on any atom is -0.399 e. The number of fused-ring (bicyclic) bond motifs is 1. The molecule has 3 heteroatoms. The van der Waals surface area contributed by atoms with Crippen LogP contribution in [0.5, 0.6) is 0 Å². The van der Waals surface area contributed by atoms with E-state index in [1.807, 2.05) is 25.1 Å². The molecule has 13 heavy (non-hydrogen) atoms. The van der Waals surface area contributed by atoms with Gasteiger partial charge in [0.25, 0.3) is 0 Å². The van der Waals surface area contributed by atoms with Gasteiger partial charge in [0.15, 0.2) is 0 Å². The number of pyridine rings is 1. The molecule has 0 radical (unpaired) electrons. The van der Waals surface area contributed by atoms with Crippen LogP contribution in [-0.4, -0.2) is 4.98 Å². The van der Waals surface area contributed by atoms with E-state index in [4.69, 9.17) is 11.5 Å². The Balaban J connectivity index is 2.92. The average molecular weight is 173 g/mol. The molecule has 4 N–H and O–H groups in total. The highest BCUT2D eigenvalue weighted by Gasteiger charge is 2.01. The average Bonchev–Trinajstić information content (AvgIpc) is 2.12. The quantitative estimate of drug-likeness (QED) is 0.596. The highest BCUT2D eigenvalue weighted by molar-refractivity contribution is 5.94. The lowest BCUT2D eigenvalue weighted by Crippen LogP contribution is -1.94. The molecule has 1 aromatic carbocycles. The molecule has 3 nitrogen and oxygen atoms in total. The van der Waals surface area contributed by atoms with Crippen molar-refractivity contribution in [2.24, 2.45) is 0 Å². The van der Waals surface area contributed by atoms with Gasteiger partial charge in [-0.15, -0.1) is 0 Å². The number of benzene rings is 1. The van der Waals surface area contributed by atoms with Gasteiger partial charge in [0.05, 0.1) is 0 Å². The standard InChI is InChI=1S/C10H11N3/c1-6-5-13-10(12)8-3-2-7(11)4-9(6)8/h2-5H,11H2,1H3,(H2,12,13). The molecule has 0 saturated heterocycles. The zero-order valence-corrected chi connectivity index (χ0v) is 7.41. The van der Waals surface area contributed by atoms with E-state index in [9.17, 15) is 0 Å². The number of aromatic nitrogens is 1. The van der Waals surface area contributed by atoms with Crippen molar-refractivity contribution in [1.29, 1.82) is 0 Å². The Morgan fingerprint density at radius 3 is 2.69 bits per heavy atom. The summed E-state index contributed by atoms with van der Waals surface area (Å²) < 4.78 is 0. The number of rotatable bonds is 0. The van der Waals surface area contributed by atoms with Gasteiger partial charge in [0, 0.05) is 17.3 Å². The van der Waals surface area contributed by atoms with Crippen LogP contribution in [0.15, 0.2) is 24.4 Å². The van der Waals surface area contributed by atoms with Crippen molar-refractivity contribution in [1.82, 2.24) is 4.98 Å². The molecule has 0 atom stereocenters. The summed E-state index contributed by atoms with van der Waals surface area (Å²) in [5, 5.41) is 2.04. The SMILES string of the molecule is Cc1cnc(N)c2ccc(N)cc12. The van der Waals surface area contributed by atoms with Crippen LogP contribution in [0.3, 0.4) is 0 Å². The second-order valence-corrected chi connectivity index (χ2v) is 3.13. The van der Waals surface area contributed by atoms with E-state index in [0.717, 1.165) is 22.0 Å². The number of anilines is 2. The van der Waals surface area contributed by atoms with Crippen molar-refractivity contribution in [3.8, 4) is 0 Å². The van der Waals surface area contributed by atoms with Gasteiger partial charge in [0.1, 0.15) is 5.82 Å². The van der Waals surface area contributed by atoms with Gasteiger partial charge in [-0.1, -0.05) is 0 Å². The van der Waals surface area contributed by atoms with E-state index < -0.39 is 0 Å². The Bertz CT molecular complexity index is 463. The van der Waals surface area contributed by atoms with Crippen molar-refractivity contribution < 1.29 is 0 Å². The van der Waals surface area contributed by atoms with Crippen LogP contribution in [0, 0.1) is 6.92 Å². The molecule has 0 unspecified atom stereocenters. The number of nitrogens with zero attached hydrogens (tertiary/aromatic N) is 1. The highest BCUT2D eigenvalue weighted by Crippen LogP contribution is 2.23. The lowest BCUT2D eigenvalue weighted by atomic mass is 10.1. The summed E-state index contributed by atoms with van der Waals surface area (Å²) in [7, 11) is 0. The lowest BCUT2D eigenvalue weighted by Gasteiger charge is -2.04. The fourth-order valence-corrected chi connectivity index (χ4v) is 1.42. The minimum absolute atomic E-state index is 0.556. The Morgan fingerprint density at radius 2 is 1.92 bits per heavy atom. The number of aryl methyl sites for hydroxylation is 1. The lowest BCUT2D eigenvalue weighted by molar-refractivity contribution is 1.31. The number of nitrogen functional groups attached to an aromatic ring is 2. The maximum Gasteiger partial charge on any atom is 0.131 e. The Morgan fingerprint density at radius 1 is 1.15 bits per heavy atom. The molecule has 0 aliphatic rings. The molecule has 2 aromatic rings. The third-order valence-corrected chi connectivity index (χ3v) is 2.14. The first kappa shape index (κ1) is 7.86. The third-order valence-electron chi connectivity index (χ3n) is 2.14. The molecule has 0 spiro atoms. The Kier molecular flexibility index (Phi) is 1.59. The molecular formula is C10H11N3. The predicted octanol–water partition coefficient (Wildman–Crippen LogP) is 1.71. The van der Waals surface area contributed by atoms with E-state index in [-0.39, 0.29) is 0 Å². The zero-order valence-electron chi connectivity index (χ0n) is 7.41. The first-order valence-corrected chi connectivity index (χ1v) is 4.09. The summed E-state index contributed by atoms with van der Waals surface area (Å²) in [5.41, 5.74) is 13.2. The second-order valence-electron chi connectivity index (χ2n) is 3.13. The number of nitrogens with two attached hydrogens (primary N) is 2. The Labute approximate surface area is 76.4 Å². The largest absolute Gasteiger partial charge is 0.399 e. The molecule has 0 fully saturated rings. The molecule has 0 amide bonds. The van der Waals surface area contributed by atoms with Crippen LogP contribution in [0.4, 0.5) is 11.5 Å². The Hall–Kier alpha value is -1.77. The molecule has 2 rings (SSSR count). The summed E-state index contributed by atoms with van der Waals surface area (Å²) in [6.45, 7) is 1.99. The van der Waals surface area contributed by atoms with Gasteiger partial charge >= 0.3 is 0 Å². The first-order chi connectivity index (χ1) is 6.18. The number of hydrogen-bond acceptors (Lipinski definition) is 3. The summed E-state index contributed by atoms with van der Waals surface area (Å²) in [5.74, 6) is 0.556. The summed E-state index contributed by atoms with van der Waals surface area (Å²) in [4.78, 5) is 4.07. The molecule has 1 aromatic heterocycles. The molecule has 0 aliphatic carbocycles. The van der Waals surface area contributed by atoms with Crippen LogP contribution >= 0.6 is 0 Å². The smallest absolute Gasteiger partial charge is 0.131 e. The third kappa shape index (κ3) is 1.18. The van der Waals surface area contributed by atoms with Crippen molar-refractivity contribution >= 4 is 22.3 Å². The van der Waals surface area contributed by atoms with Crippen LogP contribution in [-0.2, 0) is 0 Å². The zero-order chi connectivity index (χ0) is 9.42. The first-order valence-electron chi connectivity index (χ1n) is 4.09. The summed E-state index contributed by atoms with van der Waals surface area (Å²) in [6, 6.07) is 5.66. The van der Waals surface area contributed by atoms with Crippen molar-refractivity contribution in [2.75, 3.05) is 11.5 Å². The maximum atomic E-state index is 5.72. The summed E-state index contributed by atoms with van der Waals surface area (Å²) in [6.07, 6.45) is 1.76. The van der Waals surface area contributed by atoms with Gasteiger partial charge in [-0.3, -0.25) is 0 Å².